The van der Waals surface area contributed by atoms with Gasteiger partial charge in [0.1, 0.15) is 0 Å². The van der Waals surface area contributed by atoms with Crippen molar-refractivity contribution in [2.24, 2.45) is 0 Å². The van der Waals surface area contributed by atoms with Gasteiger partial charge in [-0.25, -0.2) is 8.78 Å². The normalized spacial score (nSPS) is 11.1. The third kappa shape index (κ3) is 1.57. The van der Waals surface area contributed by atoms with Crippen LogP contribution in [-0.4, -0.2) is 0 Å². The van der Waals surface area contributed by atoms with Crippen LogP contribution in [-0.2, 0) is 0 Å². The minimum atomic E-state index is -1.06. The predicted molar refractivity (Wildman–Crippen MR) is 54.6 cm³/mol. The molecule has 78 valence electrons. The van der Waals surface area contributed by atoms with Gasteiger partial charge in [0.25, 0.3) is 0 Å². The Bertz CT molecular complexity index is 346. The van der Waals surface area contributed by atoms with Crippen LogP contribution in [0.25, 0.3) is 0 Å². The first-order chi connectivity index (χ1) is 6.37. The van der Waals surface area contributed by atoms with E-state index in [-0.39, 0.29) is 22.2 Å². The second-order valence-corrected chi connectivity index (χ2v) is 3.93. The lowest BCUT2D eigenvalue weighted by Gasteiger charge is -2.15. The fourth-order valence-electron chi connectivity index (χ4n) is 1.49. The van der Waals surface area contributed by atoms with Crippen molar-refractivity contribution in [1.29, 1.82) is 0 Å². The Labute approximate surface area is 86.9 Å². The number of halogens is 3. The van der Waals surface area contributed by atoms with Crippen LogP contribution in [0.4, 0.5) is 14.5 Å². The smallest absolute Gasteiger partial charge is 0.183 e. The summed E-state index contributed by atoms with van der Waals surface area (Å²) in [6.45, 7) is 5.20. The maximum Gasteiger partial charge on any atom is 0.183 e. The molecule has 0 fully saturated rings. The topological polar surface area (TPSA) is 26.0 Å². The maximum absolute atomic E-state index is 13.3. The van der Waals surface area contributed by atoms with Crippen molar-refractivity contribution >= 4 is 17.3 Å². The zero-order valence-corrected chi connectivity index (χ0v) is 9.04. The van der Waals surface area contributed by atoms with E-state index in [4.69, 9.17) is 17.3 Å². The summed E-state index contributed by atoms with van der Waals surface area (Å²) in [5.74, 6) is -1.95. The summed E-state index contributed by atoms with van der Waals surface area (Å²) in [7, 11) is 0. The van der Waals surface area contributed by atoms with Crippen molar-refractivity contribution in [2.45, 2.75) is 26.7 Å². The van der Waals surface area contributed by atoms with E-state index in [0.29, 0.717) is 5.56 Å². The summed E-state index contributed by atoms with van der Waals surface area (Å²) in [6, 6.07) is 0. The molecule has 4 heteroatoms. The zero-order valence-electron chi connectivity index (χ0n) is 8.29. The molecular formula is C10H12ClF2N. The Kier molecular flexibility index (Phi) is 3.00. The van der Waals surface area contributed by atoms with E-state index in [1.54, 1.807) is 0 Å². The van der Waals surface area contributed by atoms with E-state index < -0.39 is 11.6 Å². The Morgan fingerprint density at radius 3 is 2.14 bits per heavy atom. The van der Waals surface area contributed by atoms with E-state index >= 15 is 0 Å². The number of hydrogen-bond acceptors (Lipinski definition) is 1. The molecule has 0 aromatic heterocycles. The van der Waals surface area contributed by atoms with Crippen LogP contribution >= 0.6 is 11.6 Å². The molecule has 0 unspecified atom stereocenters. The van der Waals surface area contributed by atoms with Gasteiger partial charge in [-0.1, -0.05) is 25.4 Å². The van der Waals surface area contributed by atoms with E-state index in [0.717, 1.165) is 0 Å². The van der Waals surface area contributed by atoms with Gasteiger partial charge in [0.05, 0.1) is 10.7 Å². The Morgan fingerprint density at radius 1 is 1.21 bits per heavy atom. The number of rotatable bonds is 1. The summed E-state index contributed by atoms with van der Waals surface area (Å²) in [5.41, 5.74) is 5.84. The van der Waals surface area contributed by atoms with Gasteiger partial charge in [0.2, 0.25) is 0 Å². The van der Waals surface area contributed by atoms with Gasteiger partial charge in [-0.3, -0.25) is 0 Å². The molecule has 1 rings (SSSR count). The first kappa shape index (κ1) is 11.2. The lowest BCUT2D eigenvalue weighted by atomic mass is 9.96. The highest BCUT2D eigenvalue weighted by molar-refractivity contribution is 6.34. The first-order valence-electron chi connectivity index (χ1n) is 4.30. The first-order valence-corrected chi connectivity index (χ1v) is 4.68. The molecule has 0 saturated heterocycles. The maximum atomic E-state index is 13.3. The molecule has 0 amide bonds. The van der Waals surface area contributed by atoms with E-state index in [9.17, 15) is 8.78 Å². The standard InChI is InChI=1S/C10H12ClF2N/c1-4(2)6-5(3)8(12)9(13)10(14)7(6)11/h4H,14H2,1-3H3. The highest BCUT2D eigenvalue weighted by Crippen LogP contribution is 2.35. The van der Waals surface area contributed by atoms with Crippen molar-refractivity contribution in [3.8, 4) is 0 Å². The summed E-state index contributed by atoms with van der Waals surface area (Å²) in [6.07, 6.45) is 0. The van der Waals surface area contributed by atoms with Crippen molar-refractivity contribution in [3.05, 3.63) is 27.8 Å². The number of benzene rings is 1. The van der Waals surface area contributed by atoms with Crippen LogP contribution in [0.5, 0.6) is 0 Å². The van der Waals surface area contributed by atoms with Crippen LogP contribution < -0.4 is 5.73 Å². The summed E-state index contributed by atoms with van der Waals surface area (Å²) in [4.78, 5) is 0. The van der Waals surface area contributed by atoms with E-state index in [1.807, 2.05) is 13.8 Å². The SMILES string of the molecule is Cc1c(F)c(F)c(N)c(Cl)c1C(C)C. The molecule has 0 bridgehead atoms. The lowest BCUT2D eigenvalue weighted by Crippen LogP contribution is -2.05. The predicted octanol–water partition coefficient (Wildman–Crippen LogP) is 3.63. The van der Waals surface area contributed by atoms with Crippen molar-refractivity contribution < 1.29 is 8.78 Å². The van der Waals surface area contributed by atoms with Crippen LogP contribution in [0.15, 0.2) is 0 Å². The lowest BCUT2D eigenvalue weighted by molar-refractivity contribution is 0.503. The summed E-state index contributed by atoms with van der Waals surface area (Å²) >= 11 is 5.84. The summed E-state index contributed by atoms with van der Waals surface area (Å²) < 4.78 is 26.4. The average molecular weight is 220 g/mol. The molecule has 0 aliphatic heterocycles. The number of anilines is 1. The molecule has 2 N–H and O–H groups in total. The molecule has 0 saturated carbocycles. The minimum Gasteiger partial charge on any atom is -0.395 e. The van der Waals surface area contributed by atoms with E-state index in [1.165, 1.54) is 6.92 Å². The highest BCUT2D eigenvalue weighted by Gasteiger charge is 2.20. The highest BCUT2D eigenvalue weighted by atomic mass is 35.5. The molecule has 1 nitrogen and oxygen atoms in total. The third-order valence-electron chi connectivity index (χ3n) is 2.21. The second kappa shape index (κ2) is 3.73. The van der Waals surface area contributed by atoms with Gasteiger partial charge in [-0.15, -0.1) is 0 Å². The molecule has 0 aliphatic carbocycles. The largest absolute Gasteiger partial charge is 0.395 e. The number of hydrogen-bond donors (Lipinski definition) is 1. The molecule has 0 aliphatic rings. The Morgan fingerprint density at radius 2 is 1.71 bits per heavy atom. The minimum absolute atomic E-state index is 0.0138. The van der Waals surface area contributed by atoms with Crippen LogP contribution in [0.3, 0.4) is 0 Å². The van der Waals surface area contributed by atoms with Crippen LogP contribution in [0, 0.1) is 18.6 Å². The molecule has 0 atom stereocenters. The van der Waals surface area contributed by atoms with Crippen molar-refractivity contribution in [2.75, 3.05) is 5.73 Å². The average Bonchev–Trinajstić information content (AvgIpc) is 2.11. The molecule has 0 spiro atoms. The van der Waals surface area contributed by atoms with E-state index in [2.05, 4.69) is 0 Å². The Balaban J connectivity index is 3.60. The fourth-order valence-corrected chi connectivity index (χ4v) is 1.94. The number of nitrogen functional groups attached to an aromatic ring is 1. The van der Waals surface area contributed by atoms with Crippen LogP contribution in [0.2, 0.25) is 5.02 Å². The molecule has 0 radical (unpaired) electrons. The molecule has 0 heterocycles. The Hall–Kier alpha value is -0.830. The second-order valence-electron chi connectivity index (χ2n) is 3.55. The van der Waals surface area contributed by atoms with Gasteiger partial charge in [0, 0.05) is 0 Å². The van der Waals surface area contributed by atoms with Gasteiger partial charge in [-0.05, 0) is 24.0 Å². The quantitative estimate of drug-likeness (QED) is 0.567. The monoisotopic (exact) mass is 219 g/mol. The molecule has 1 aromatic carbocycles. The zero-order chi connectivity index (χ0) is 11.0. The number of nitrogens with two attached hydrogens (primary N) is 1. The fraction of sp³-hybridized carbons (Fsp3) is 0.400. The molecular weight excluding hydrogens is 208 g/mol. The van der Waals surface area contributed by atoms with Gasteiger partial charge >= 0.3 is 0 Å². The summed E-state index contributed by atoms with van der Waals surface area (Å²) in [5, 5.41) is 0.122. The molecule has 1 aromatic rings. The molecule has 14 heavy (non-hydrogen) atoms. The third-order valence-corrected chi connectivity index (χ3v) is 2.62. The van der Waals surface area contributed by atoms with Gasteiger partial charge in [0.15, 0.2) is 11.6 Å². The van der Waals surface area contributed by atoms with Crippen molar-refractivity contribution in [3.63, 3.8) is 0 Å². The van der Waals surface area contributed by atoms with Gasteiger partial charge < -0.3 is 5.73 Å². The van der Waals surface area contributed by atoms with Crippen molar-refractivity contribution in [1.82, 2.24) is 0 Å². The van der Waals surface area contributed by atoms with Crippen LogP contribution in [0.1, 0.15) is 30.9 Å². The van der Waals surface area contributed by atoms with Gasteiger partial charge in [-0.2, -0.15) is 0 Å².